The second-order valence-electron chi connectivity index (χ2n) is 10.2. The maximum absolute atomic E-state index is 13.7. The van der Waals surface area contributed by atoms with Gasteiger partial charge in [-0.25, -0.2) is 13.4 Å². The first kappa shape index (κ1) is 27.3. The van der Waals surface area contributed by atoms with Gasteiger partial charge in [-0.05, 0) is 62.1 Å². The predicted molar refractivity (Wildman–Crippen MR) is 146 cm³/mol. The van der Waals surface area contributed by atoms with Crippen LogP contribution in [0.5, 0.6) is 5.75 Å². The van der Waals surface area contributed by atoms with Crippen molar-refractivity contribution in [1.29, 1.82) is 0 Å². The summed E-state index contributed by atoms with van der Waals surface area (Å²) < 4.78 is 42.3. The van der Waals surface area contributed by atoms with Crippen molar-refractivity contribution >= 4 is 15.9 Å². The molecule has 0 bridgehead atoms. The number of aromatic nitrogens is 3. The first-order valence-corrected chi connectivity index (χ1v) is 14.7. The Labute approximate surface area is 229 Å². The second-order valence-corrected chi connectivity index (χ2v) is 12.0. The third kappa shape index (κ3) is 5.70. The van der Waals surface area contributed by atoms with E-state index in [1.54, 1.807) is 54.7 Å². The van der Waals surface area contributed by atoms with Crippen molar-refractivity contribution in [2.24, 2.45) is 0 Å². The van der Waals surface area contributed by atoms with Gasteiger partial charge >= 0.3 is 0 Å². The molecule has 1 aromatic carbocycles. The number of amides is 1. The molecule has 2 aliphatic rings. The number of carbonyl (C=O) groups is 1. The summed E-state index contributed by atoms with van der Waals surface area (Å²) in [5.41, 5.74) is 3.16. The summed E-state index contributed by atoms with van der Waals surface area (Å²) in [4.78, 5) is 23.8. The zero-order valence-corrected chi connectivity index (χ0v) is 23.5. The van der Waals surface area contributed by atoms with Gasteiger partial charge < -0.3 is 18.9 Å². The largest absolute Gasteiger partial charge is 0.497 e. The molecule has 2 aliphatic heterocycles. The third-order valence-corrected chi connectivity index (χ3v) is 9.73. The molecule has 0 N–H and O–H groups in total. The number of hydrogen-bond acceptors (Lipinski definition) is 7. The Morgan fingerprint density at radius 3 is 2.54 bits per heavy atom. The summed E-state index contributed by atoms with van der Waals surface area (Å²) >= 11 is 0. The summed E-state index contributed by atoms with van der Waals surface area (Å²) in [5, 5.41) is 0. The molecule has 1 fully saturated rings. The topological polar surface area (TPSA) is 107 Å². The van der Waals surface area contributed by atoms with E-state index in [0.29, 0.717) is 54.4 Å². The second kappa shape index (κ2) is 11.4. The van der Waals surface area contributed by atoms with Gasteiger partial charge in [0.15, 0.2) is 0 Å². The molecular weight excluding hydrogens is 518 g/mol. The number of piperidine rings is 1. The number of rotatable bonds is 8. The zero-order chi connectivity index (χ0) is 27.6. The molecule has 1 unspecified atom stereocenters. The van der Waals surface area contributed by atoms with Crippen LogP contribution in [0.25, 0.3) is 11.3 Å². The van der Waals surface area contributed by atoms with Crippen LogP contribution in [0.15, 0.2) is 47.8 Å². The number of fused-ring (bicyclic) bond motifs is 1. The summed E-state index contributed by atoms with van der Waals surface area (Å²) in [6.07, 6.45) is 7.89. The standard InChI is InChI=1S/C28H35N5O5S/c1-20-14-24(37-3)15-21(2)28(20)39(35,36)33-11-5-4-6-23(33)18-38-19-27(34)32-13-12-31-16-25(30-26(31)17-32)22-7-9-29-10-8-22/h7-10,14-16,23H,4-6,11-13,17-19H2,1-3H3. The minimum absolute atomic E-state index is 0.0943. The molecule has 1 saturated heterocycles. The van der Waals surface area contributed by atoms with Gasteiger partial charge in [0.2, 0.25) is 15.9 Å². The van der Waals surface area contributed by atoms with Gasteiger partial charge in [0.1, 0.15) is 18.2 Å². The number of pyridine rings is 1. The van der Waals surface area contributed by atoms with E-state index in [2.05, 4.69) is 9.55 Å². The Kier molecular flexibility index (Phi) is 8.01. The first-order chi connectivity index (χ1) is 18.8. The number of carbonyl (C=O) groups excluding carboxylic acids is 1. The molecule has 1 amide bonds. The molecule has 0 radical (unpaired) electrons. The molecule has 0 spiro atoms. The smallest absolute Gasteiger partial charge is 0.249 e. The lowest BCUT2D eigenvalue weighted by atomic mass is 10.1. The van der Waals surface area contributed by atoms with Crippen LogP contribution in [0, 0.1) is 13.8 Å². The summed E-state index contributed by atoms with van der Waals surface area (Å²) in [6.45, 7) is 5.74. The Morgan fingerprint density at radius 1 is 1.08 bits per heavy atom. The number of benzene rings is 1. The Bertz CT molecular complexity index is 1420. The van der Waals surface area contributed by atoms with Crippen molar-refractivity contribution in [3.63, 3.8) is 0 Å². The number of methoxy groups -OCH3 is 1. The van der Waals surface area contributed by atoms with E-state index >= 15 is 0 Å². The maximum Gasteiger partial charge on any atom is 0.249 e. The van der Waals surface area contributed by atoms with E-state index in [4.69, 9.17) is 14.5 Å². The minimum atomic E-state index is -3.74. The number of hydrogen-bond donors (Lipinski definition) is 0. The summed E-state index contributed by atoms with van der Waals surface area (Å²) in [7, 11) is -2.17. The lowest BCUT2D eigenvalue weighted by Gasteiger charge is -2.35. The normalized spacial score (nSPS) is 18.1. The third-order valence-electron chi connectivity index (χ3n) is 7.48. The first-order valence-electron chi connectivity index (χ1n) is 13.3. The van der Waals surface area contributed by atoms with Gasteiger partial charge in [-0.15, -0.1) is 0 Å². The molecule has 10 nitrogen and oxygen atoms in total. The fraction of sp³-hybridized carbons (Fsp3) is 0.464. The molecule has 4 heterocycles. The fourth-order valence-electron chi connectivity index (χ4n) is 5.51. The number of sulfonamides is 1. The van der Waals surface area contributed by atoms with Crippen molar-refractivity contribution in [2.75, 3.05) is 33.4 Å². The van der Waals surface area contributed by atoms with E-state index in [9.17, 15) is 13.2 Å². The zero-order valence-electron chi connectivity index (χ0n) is 22.7. The highest BCUT2D eigenvalue weighted by Gasteiger charge is 2.36. The van der Waals surface area contributed by atoms with Gasteiger partial charge in [-0.1, -0.05) is 6.42 Å². The Hall–Kier alpha value is -3.28. The van der Waals surface area contributed by atoms with Crippen LogP contribution in [0.3, 0.4) is 0 Å². The molecule has 0 aliphatic carbocycles. The van der Waals surface area contributed by atoms with E-state index in [1.165, 1.54) is 0 Å². The highest BCUT2D eigenvalue weighted by molar-refractivity contribution is 7.89. The average Bonchev–Trinajstić information content (AvgIpc) is 3.37. The van der Waals surface area contributed by atoms with Crippen molar-refractivity contribution < 1.29 is 22.7 Å². The van der Waals surface area contributed by atoms with Crippen molar-refractivity contribution in [3.8, 4) is 17.0 Å². The van der Waals surface area contributed by atoms with Crippen molar-refractivity contribution in [1.82, 2.24) is 23.7 Å². The molecule has 5 rings (SSSR count). The van der Waals surface area contributed by atoms with Gasteiger partial charge in [-0.2, -0.15) is 4.31 Å². The Morgan fingerprint density at radius 2 is 1.82 bits per heavy atom. The lowest BCUT2D eigenvalue weighted by molar-refractivity contribution is -0.138. The number of aryl methyl sites for hydroxylation is 2. The predicted octanol–water partition coefficient (Wildman–Crippen LogP) is 3.17. The highest BCUT2D eigenvalue weighted by Crippen LogP contribution is 2.32. The molecule has 3 aromatic rings. The van der Waals surface area contributed by atoms with E-state index in [1.807, 2.05) is 18.3 Å². The van der Waals surface area contributed by atoms with Crippen LogP contribution in [0.2, 0.25) is 0 Å². The van der Waals surface area contributed by atoms with E-state index < -0.39 is 10.0 Å². The van der Waals surface area contributed by atoms with E-state index in [-0.39, 0.29) is 25.2 Å². The van der Waals surface area contributed by atoms with Crippen LogP contribution in [-0.2, 0) is 32.6 Å². The number of nitrogens with zero attached hydrogens (tertiary/aromatic N) is 5. The van der Waals surface area contributed by atoms with Crippen molar-refractivity contribution in [2.45, 2.75) is 57.1 Å². The SMILES string of the molecule is COc1cc(C)c(S(=O)(=O)N2CCCCC2COCC(=O)N2CCn3cc(-c4ccncc4)nc3C2)c(C)c1. The fourth-order valence-corrected chi connectivity index (χ4v) is 7.60. The number of ether oxygens (including phenoxy) is 2. The van der Waals surface area contributed by atoms with Gasteiger partial charge in [0.05, 0.1) is 30.9 Å². The molecule has 1 atom stereocenters. The van der Waals surface area contributed by atoms with Crippen LogP contribution < -0.4 is 4.74 Å². The lowest BCUT2D eigenvalue weighted by Crippen LogP contribution is -2.47. The van der Waals surface area contributed by atoms with Crippen LogP contribution in [0.1, 0.15) is 36.2 Å². The minimum Gasteiger partial charge on any atom is -0.497 e. The average molecular weight is 554 g/mol. The highest BCUT2D eigenvalue weighted by atomic mass is 32.2. The molecule has 208 valence electrons. The van der Waals surface area contributed by atoms with Crippen LogP contribution >= 0.6 is 0 Å². The molecule has 39 heavy (non-hydrogen) atoms. The van der Waals surface area contributed by atoms with E-state index in [0.717, 1.165) is 29.9 Å². The molecule has 0 saturated carbocycles. The molecular formula is C28H35N5O5S. The summed E-state index contributed by atoms with van der Waals surface area (Å²) in [5.74, 6) is 1.34. The quantitative estimate of drug-likeness (QED) is 0.422. The van der Waals surface area contributed by atoms with Gasteiger partial charge in [0.25, 0.3) is 0 Å². The number of imidazole rings is 1. The molecule has 2 aromatic heterocycles. The van der Waals surface area contributed by atoms with Crippen LogP contribution in [-0.4, -0.2) is 77.5 Å². The van der Waals surface area contributed by atoms with Crippen LogP contribution in [0.4, 0.5) is 0 Å². The molecule has 11 heteroatoms. The van der Waals surface area contributed by atoms with Gasteiger partial charge in [0, 0.05) is 49.8 Å². The maximum atomic E-state index is 13.7. The monoisotopic (exact) mass is 553 g/mol. The van der Waals surface area contributed by atoms with Gasteiger partial charge in [-0.3, -0.25) is 9.78 Å². The Balaban J connectivity index is 1.21. The summed E-state index contributed by atoms with van der Waals surface area (Å²) in [6, 6.07) is 7.00. The van der Waals surface area contributed by atoms with Crippen molar-refractivity contribution in [3.05, 3.63) is 59.8 Å².